The number of imidazole rings is 1. The largest absolute Gasteiger partial charge is 0.474 e. The van der Waals surface area contributed by atoms with Crippen LogP contribution in [0.2, 0.25) is 0 Å². The van der Waals surface area contributed by atoms with Gasteiger partial charge in [0.25, 0.3) is 0 Å². The van der Waals surface area contributed by atoms with Crippen molar-refractivity contribution in [1.29, 1.82) is 0 Å². The third-order valence-corrected chi connectivity index (χ3v) is 6.25. The maximum atomic E-state index is 11.4. The van der Waals surface area contributed by atoms with Crippen molar-refractivity contribution in [3.8, 4) is 17.3 Å². The molecular formula is C24H26N6O4. The van der Waals surface area contributed by atoms with Crippen molar-refractivity contribution in [2.75, 3.05) is 24.6 Å². The van der Waals surface area contributed by atoms with E-state index in [1.807, 2.05) is 18.2 Å². The maximum absolute atomic E-state index is 11.4. The predicted molar refractivity (Wildman–Crippen MR) is 125 cm³/mol. The van der Waals surface area contributed by atoms with E-state index in [0.29, 0.717) is 30.3 Å². The second-order valence-corrected chi connectivity index (χ2v) is 9.02. The van der Waals surface area contributed by atoms with Crippen LogP contribution in [0.25, 0.3) is 28.1 Å². The van der Waals surface area contributed by atoms with Crippen molar-refractivity contribution in [2.45, 2.75) is 44.9 Å². The quantitative estimate of drug-likeness (QED) is 0.483. The molecule has 2 aliphatic heterocycles. The minimum absolute atomic E-state index is 0.0131. The molecule has 3 atom stereocenters. The first-order valence-corrected chi connectivity index (χ1v) is 11.6. The van der Waals surface area contributed by atoms with Gasteiger partial charge in [-0.25, -0.2) is 14.5 Å². The smallest absolute Gasteiger partial charge is 0.231 e. The number of rotatable bonds is 5. The molecule has 1 N–H and O–H groups in total. The van der Waals surface area contributed by atoms with Gasteiger partial charge in [0.2, 0.25) is 11.8 Å². The Morgan fingerprint density at radius 1 is 1.18 bits per heavy atom. The second-order valence-electron chi connectivity index (χ2n) is 9.02. The Balaban J connectivity index is 1.31. The molecule has 2 aliphatic rings. The predicted octanol–water partition coefficient (Wildman–Crippen LogP) is 2.81. The summed E-state index contributed by atoms with van der Waals surface area (Å²) in [7, 11) is 0. The number of pyridine rings is 1. The molecule has 1 amide bonds. The van der Waals surface area contributed by atoms with E-state index in [0.717, 1.165) is 42.0 Å². The van der Waals surface area contributed by atoms with Crippen LogP contribution in [0, 0.1) is 0 Å². The number of nitrogens with one attached hydrogen (secondary N) is 1. The summed E-state index contributed by atoms with van der Waals surface area (Å²) in [6.45, 7) is 6.08. The molecule has 2 fully saturated rings. The van der Waals surface area contributed by atoms with Crippen molar-refractivity contribution in [3.63, 3.8) is 0 Å². The number of carbonyl (C=O) groups is 1. The molecule has 4 aromatic heterocycles. The summed E-state index contributed by atoms with van der Waals surface area (Å²) in [6, 6.07) is 7.51. The van der Waals surface area contributed by atoms with Gasteiger partial charge in [-0.15, -0.1) is 5.10 Å². The first-order chi connectivity index (χ1) is 16.5. The Hall–Kier alpha value is -3.66. The highest BCUT2D eigenvalue weighted by Crippen LogP contribution is 2.34. The maximum Gasteiger partial charge on any atom is 0.231 e. The third-order valence-electron chi connectivity index (χ3n) is 6.25. The molecule has 34 heavy (non-hydrogen) atoms. The average molecular weight is 463 g/mol. The second kappa shape index (κ2) is 8.28. The average Bonchev–Trinajstić information content (AvgIpc) is 3.54. The van der Waals surface area contributed by atoms with Crippen LogP contribution in [0.5, 0.6) is 5.88 Å². The molecule has 0 bridgehead atoms. The number of ether oxygens (including phenoxy) is 2. The Morgan fingerprint density at radius 2 is 2.03 bits per heavy atom. The Bertz CT molecular complexity index is 1350. The highest BCUT2D eigenvalue weighted by atomic mass is 16.5. The number of morpholine rings is 1. The van der Waals surface area contributed by atoms with Crippen LogP contribution in [0.1, 0.15) is 26.7 Å². The summed E-state index contributed by atoms with van der Waals surface area (Å²) in [5.41, 5.74) is 2.16. The molecule has 10 heteroatoms. The van der Waals surface area contributed by atoms with Gasteiger partial charge in [0.05, 0.1) is 29.8 Å². The van der Waals surface area contributed by atoms with E-state index in [4.69, 9.17) is 13.9 Å². The first kappa shape index (κ1) is 20.9. The number of carbonyl (C=O) groups excluding carboxylic acids is 1. The minimum atomic E-state index is 0.0131. The van der Waals surface area contributed by atoms with Gasteiger partial charge in [-0.05, 0) is 38.5 Å². The van der Waals surface area contributed by atoms with E-state index in [9.17, 15) is 4.79 Å². The van der Waals surface area contributed by atoms with Crippen LogP contribution in [0.15, 0.2) is 41.1 Å². The van der Waals surface area contributed by atoms with Crippen LogP contribution >= 0.6 is 0 Å². The summed E-state index contributed by atoms with van der Waals surface area (Å²) < 4.78 is 19.7. The zero-order valence-electron chi connectivity index (χ0n) is 19.1. The molecule has 0 aliphatic carbocycles. The Kier molecular flexibility index (Phi) is 5.09. The van der Waals surface area contributed by atoms with Crippen LogP contribution in [0.4, 0.5) is 5.82 Å². The lowest BCUT2D eigenvalue weighted by Gasteiger charge is -2.36. The molecule has 6 rings (SSSR count). The highest BCUT2D eigenvalue weighted by Gasteiger charge is 2.26. The van der Waals surface area contributed by atoms with Gasteiger partial charge in [-0.3, -0.25) is 4.79 Å². The van der Waals surface area contributed by atoms with Crippen molar-refractivity contribution in [3.05, 3.63) is 36.7 Å². The molecule has 6 heterocycles. The lowest BCUT2D eigenvalue weighted by Crippen LogP contribution is -2.45. The monoisotopic (exact) mass is 462 g/mol. The molecule has 176 valence electrons. The number of furan rings is 1. The van der Waals surface area contributed by atoms with E-state index >= 15 is 0 Å². The fourth-order valence-electron chi connectivity index (χ4n) is 4.77. The van der Waals surface area contributed by atoms with Gasteiger partial charge in [0.15, 0.2) is 11.4 Å². The van der Waals surface area contributed by atoms with Gasteiger partial charge >= 0.3 is 0 Å². The summed E-state index contributed by atoms with van der Waals surface area (Å²) in [4.78, 5) is 22.8. The number of hydrogen-bond donors (Lipinski definition) is 1. The minimum Gasteiger partial charge on any atom is -0.474 e. The van der Waals surface area contributed by atoms with Crippen LogP contribution in [0.3, 0.4) is 0 Å². The van der Waals surface area contributed by atoms with Crippen molar-refractivity contribution in [1.82, 2.24) is 24.9 Å². The number of aromatic nitrogens is 4. The van der Waals surface area contributed by atoms with E-state index in [-0.39, 0.29) is 24.2 Å². The molecule has 0 radical (unpaired) electrons. The molecule has 0 aromatic carbocycles. The zero-order valence-corrected chi connectivity index (χ0v) is 19.1. The third kappa shape index (κ3) is 3.83. The number of hydrogen-bond acceptors (Lipinski definition) is 8. The molecule has 0 spiro atoms. The van der Waals surface area contributed by atoms with Crippen molar-refractivity contribution < 1.29 is 18.7 Å². The summed E-state index contributed by atoms with van der Waals surface area (Å²) in [6.07, 6.45) is 5.09. The molecule has 2 saturated heterocycles. The Morgan fingerprint density at radius 3 is 2.82 bits per heavy atom. The number of amides is 1. The van der Waals surface area contributed by atoms with Gasteiger partial charge in [-0.2, -0.15) is 0 Å². The first-order valence-electron chi connectivity index (χ1n) is 11.6. The summed E-state index contributed by atoms with van der Waals surface area (Å²) in [5.74, 6) is 2.06. The lowest BCUT2D eigenvalue weighted by molar-refractivity contribution is -0.119. The SMILES string of the molecule is C[C@@H]1CN(c2nccc3oc(-c4cnc5ccc(OCC6CCC(=O)N6)nn45)cc23)C[C@H](C)O1. The number of anilines is 1. The lowest BCUT2D eigenvalue weighted by atomic mass is 10.2. The number of nitrogens with zero attached hydrogens (tertiary/aromatic N) is 5. The highest BCUT2D eigenvalue weighted by molar-refractivity contribution is 5.92. The van der Waals surface area contributed by atoms with Crippen LogP contribution in [-0.2, 0) is 9.53 Å². The summed E-state index contributed by atoms with van der Waals surface area (Å²) >= 11 is 0. The van der Waals surface area contributed by atoms with E-state index in [1.165, 1.54) is 0 Å². The van der Waals surface area contributed by atoms with Gasteiger partial charge in [0.1, 0.15) is 23.7 Å². The van der Waals surface area contributed by atoms with E-state index in [1.54, 1.807) is 23.0 Å². The molecule has 0 saturated carbocycles. The fourth-order valence-corrected chi connectivity index (χ4v) is 4.77. The normalized spacial score (nSPS) is 23.1. The summed E-state index contributed by atoms with van der Waals surface area (Å²) in [5, 5.41) is 8.46. The van der Waals surface area contributed by atoms with Crippen LogP contribution < -0.4 is 15.0 Å². The molecule has 10 nitrogen and oxygen atoms in total. The standard InChI is InChI=1S/C24H26N6O4/c1-14-11-29(12-15(2)33-14)24-17-9-20(34-19(17)7-8-25-24)18-10-26-21-4-6-23(28-30(18)21)32-13-16-3-5-22(31)27-16/h4,6-10,14-16H,3,5,11-13H2,1-2H3,(H,27,31)/t14-,15+,16?. The molecular weight excluding hydrogens is 436 g/mol. The van der Waals surface area contributed by atoms with Crippen molar-refractivity contribution >= 4 is 28.3 Å². The van der Waals surface area contributed by atoms with Gasteiger partial charge in [-0.1, -0.05) is 0 Å². The zero-order chi connectivity index (χ0) is 23.2. The van der Waals surface area contributed by atoms with E-state index < -0.39 is 0 Å². The topological polar surface area (TPSA) is 107 Å². The van der Waals surface area contributed by atoms with Crippen LogP contribution in [-0.4, -0.2) is 63.4 Å². The van der Waals surface area contributed by atoms with Gasteiger partial charge < -0.3 is 24.1 Å². The Labute approximate surface area is 195 Å². The van der Waals surface area contributed by atoms with E-state index in [2.05, 4.69) is 39.1 Å². The number of fused-ring (bicyclic) bond motifs is 2. The fraction of sp³-hybridized carbons (Fsp3) is 0.417. The molecule has 4 aromatic rings. The molecule has 1 unspecified atom stereocenters. The van der Waals surface area contributed by atoms with Crippen molar-refractivity contribution in [2.24, 2.45) is 0 Å². The van der Waals surface area contributed by atoms with Gasteiger partial charge in [0, 0.05) is 31.8 Å².